The summed E-state index contributed by atoms with van der Waals surface area (Å²) < 4.78 is 56.3. The van der Waals surface area contributed by atoms with Gasteiger partial charge in [-0.2, -0.15) is 8.42 Å². The molecule has 0 radical (unpaired) electrons. The largest absolute Gasteiger partial charge is 0.296 e. The van der Waals surface area contributed by atoms with Gasteiger partial charge in [0.2, 0.25) is 10.0 Å². The van der Waals surface area contributed by atoms with Crippen LogP contribution in [-0.4, -0.2) is 30.0 Å². The summed E-state index contributed by atoms with van der Waals surface area (Å²) >= 11 is 0. The van der Waals surface area contributed by atoms with Gasteiger partial charge in [-0.15, -0.1) is 0 Å². The minimum absolute atomic E-state index is 0.0691. The van der Waals surface area contributed by atoms with Gasteiger partial charge in [0, 0.05) is 6.54 Å². The van der Waals surface area contributed by atoms with E-state index in [2.05, 4.69) is 4.72 Å². The maximum Gasteiger partial charge on any atom is 0.296 e. The number of benzene rings is 2. The zero-order chi connectivity index (χ0) is 19.4. The predicted octanol–water partition coefficient (Wildman–Crippen LogP) is 2.62. The number of rotatable bonds is 8. The Morgan fingerprint density at radius 1 is 0.846 bits per heavy atom. The summed E-state index contributed by atoms with van der Waals surface area (Å²) in [6.45, 7) is 5.39. The molecular formula is C18H23NO5S2. The van der Waals surface area contributed by atoms with Crippen LogP contribution >= 0.6 is 0 Å². The van der Waals surface area contributed by atoms with E-state index in [9.17, 15) is 16.8 Å². The Balaban J connectivity index is 1.91. The third-order valence-electron chi connectivity index (χ3n) is 3.77. The standard InChI is InChI=1S/C18H23NO5S2/c1-14-4-8-17(9-5-14)25(20,21)19-12-16(3)13-24-26(22,23)18-10-6-15(2)7-11-18/h4-11,16,19H,12-13H2,1-3H3. The Kier molecular flexibility index (Phi) is 6.57. The first-order chi connectivity index (χ1) is 12.1. The van der Waals surface area contributed by atoms with E-state index >= 15 is 0 Å². The van der Waals surface area contributed by atoms with Gasteiger partial charge >= 0.3 is 0 Å². The molecule has 26 heavy (non-hydrogen) atoms. The molecule has 8 heteroatoms. The predicted molar refractivity (Wildman–Crippen MR) is 99.8 cm³/mol. The Morgan fingerprint density at radius 3 is 1.81 bits per heavy atom. The molecule has 1 atom stereocenters. The maximum absolute atomic E-state index is 12.2. The molecule has 1 N–H and O–H groups in total. The van der Waals surface area contributed by atoms with Crippen LogP contribution in [0.3, 0.4) is 0 Å². The molecule has 2 aromatic rings. The molecule has 0 aliphatic carbocycles. The van der Waals surface area contributed by atoms with E-state index < -0.39 is 20.1 Å². The molecule has 1 unspecified atom stereocenters. The van der Waals surface area contributed by atoms with Gasteiger partial charge in [-0.25, -0.2) is 13.1 Å². The Morgan fingerprint density at radius 2 is 1.31 bits per heavy atom. The molecule has 2 rings (SSSR count). The van der Waals surface area contributed by atoms with Crippen molar-refractivity contribution in [3.8, 4) is 0 Å². The highest BCUT2D eigenvalue weighted by Crippen LogP contribution is 2.15. The van der Waals surface area contributed by atoms with Crippen molar-refractivity contribution >= 4 is 20.1 Å². The number of sulfonamides is 1. The molecule has 0 saturated carbocycles. The van der Waals surface area contributed by atoms with Crippen molar-refractivity contribution in [2.24, 2.45) is 5.92 Å². The summed E-state index contributed by atoms with van der Waals surface area (Å²) in [5.74, 6) is -0.324. The smallest absolute Gasteiger partial charge is 0.266 e. The average molecular weight is 398 g/mol. The van der Waals surface area contributed by atoms with Gasteiger partial charge in [0.15, 0.2) is 0 Å². The van der Waals surface area contributed by atoms with Crippen LogP contribution in [0, 0.1) is 19.8 Å². The fourth-order valence-electron chi connectivity index (χ4n) is 2.09. The van der Waals surface area contributed by atoms with Gasteiger partial charge in [-0.05, 0) is 44.0 Å². The van der Waals surface area contributed by atoms with Crippen molar-refractivity contribution in [2.75, 3.05) is 13.2 Å². The molecule has 0 aliphatic heterocycles. The van der Waals surface area contributed by atoms with Crippen molar-refractivity contribution in [1.82, 2.24) is 4.72 Å². The van der Waals surface area contributed by atoms with E-state index in [1.54, 1.807) is 31.2 Å². The van der Waals surface area contributed by atoms with Gasteiger partial charge in [0.1, 0.15) is 0 Å². The molecule has 0 saturated heterocycles. The van der Waals surface area contributed by atoms with Gasteiger partial charge in [-0.1, -0.05) is 42.3 Å². The second-order valence-corrected chi connectivity index (χ2v) is 9.70. The van der Waals surface area contributed by atoms with Crippen LogP contribution in [0.25, 0.3) is 0 Å². The topological polar surface area (TPSA) is 89.5 Å². The normalized spacial score (nSPS) is 13.5. The highest BCUT2D eigenvalue weighted by Gasteiger charge is 2.19. The number of nitrogens with one attached hydrogen (secondary N) is 1. The van der Waals surface area contributed by atoms with Crippen molar-refractivity contribution in [3.05, 3.63) is 59.7 Å². The fourth-order valence-corrected chi connectivity index (χ4v) is 4.27. The molecule has 0 bridgehead atoms. The van der Waals surface area contributed by atoms with Crippen LogP contribution in [0.15, 0.2) is 58.3 Å². The number of hydrogen-bond acceptors (Lipinski definition) is 5. The first kappa shape index (κ1) is 20.6. The van der Waals surface area contributed by atoms with Gasteiger partial charge in [0.05, 0.1) is 16.4 Å². The summed E-state index contributed by atoms with van der Waals surface area (Å²) in [4.78, 5) is 0.249. The molecule has 0 aliphatic rings. The van der Waals surface area contributed by atoms with Crippen LogP contribution < -0.4 is 4.72 Å². The van der Waals surface area contributed by atoms with Crippen molar-refractivity contribution < 1.29 is 21.0 Å². The van der Waals surface area contributed by atoms with Crippen LogP contribution in [0.4, 0.5) is 0 Å². The average Bonchev–Trinajstić information content (AvgIpc) is 2.59. The van der Waals surface area contributed by atoms with E-state index in [0.29, 0.717) is 0 Å². The molecule has 6 nitrogen and oxygen atoms in total. The van der Waals surface area contributed by atoms with E-state index in [4.69, 9.17) is 4.18 Å². The zero-order valence-corrected chi connectivity index (χ0v) is 16.6. The van der Waals surface area contributed by atoms with E-state index in [-0.39, 0.29) is 28.9 Å². The SMILES string of the molecule is Cc1ccc(S(=O)(=O)NCC(C)COS(=O)(=O)c2ccc(C)cc2)cc1. The molecule has 0 spiro atoms. The lowest BCUT2D eigenvalue weighted by atomic mass is 10.2. The highest BCUT2D eigenvalue weighted by atomic mass is 32.2. The summed E-state index contributed by atoms with van der Waals surface area (Å²) in [6, 6.07) is 12.8. The molecular weight excluding hydrogens is 374 g/mol. The summed E-state index contributed by atoms with van der Waals surface area (Å²) in [7, 11) is -7.50. The quantitative estimate of drug-likeness (QED) is 0.692. The summed E-state index contributed by atoms with van der Waals surface area (Å²) in [5.41, 5.74) is 1.91. The first-order valence-electron chi connectivity index (χ1n) is 8.12. The van der Waals surface area contributed by atoms with Crippen LogP contribution in [0.2, 0.25) is 0 Å². The van der Waals surface area contributed by atoms with Crippen molar-refractivity contribution in [3.63, 3.8) is 0 Å². The van der Waals surface area contributed by atoms with Crippen molar-refractivity contribution in [2.45, 2.75) is 30.6 Å². The molecule has 0 heterocycles. The zero-order valence-electron chi connectivity index (χ0n) is 15.0. The van der Waals surface area contributed by atoms with E-state index in [1.165, 1.54) is 24.3 Å². The third-order valence-corrected chi connectivity index (χ3v) is 6.51. The van der Waals surface area contributed by atoms with E-state index in [0.717, 1.165) is 11.1 Å². The number of aryl methyl sites for hydroxylation is 2. The van der Waals surface area contributed by atoms with Gasteiger partial charge in [-0.3, -0.25) is 4.18 Å². The van der Waals surface area contributed by atoms with Crippen LogP contribution in [0.1, 0.15) is 18.1 Å². The Bertz CT molecular complexity index is 855. The van der Waals surface area contributed by atoms with Gasteiger partial charge in [0.25, 0.3) is 10.1 Å². The number of hydrogen-bond donors (Lipinski definition) is 1. The third kappa shape index (κ3) is 5.63. The van der Waals surface area contributed by atoms with Crippen molar-refractivity contribution in [1.29, 1.82) is 0 Å². The molecule has 2 aromatic carbocycles. The van der Waals surface area contributed by atoms with Crippen LogP contribution in [-0.2, 0) is 24.3 Å². The lowest BCUT2D eigenvalue weighted by molar-refractivity contribution is 0.265. The molecule has 0 aromatic heterocycles. The Labute approximate surface area is 155 Å². The molecule has 0 amide bonds. The monoisotopic (exact) mass is 397 g/mol. The Hall–Kier alpha value is -1.74. The molecule has 142 valence electrons. The minimum atomic E-state index is -3.86. The second-order valence-electron chi connectivity index (χ2n) is 6.32. The van der Waals surface area contributed by atoms with Gasteiger partial charge < -0.3 is 0 Å². The highest BCUT2D eigenvalue weighted by molar-refractivity contribution is 7.89. The lowest BCUT2D eigenvalue weighted by Gasteiger charge is -2.14. The fraction of sp³-hybridized carbons (Fsp3) is 0.333. The summed E-state index contributed by atoms with van der Waals surface area (Å²) in [6.07, 6.45) is 0. The summed E-state index contributed by atoms with van der Waals surface area (Å²) in [5, 5.41) is 0. The van der Waals surface area contributed by atoms with E-state index in [1.807, 2.05) is 13.8 Å². The first-order valence-corrected chi connectivity index (χ1v) is 11.0. The molecule has 0 fully saturated rings. The van der Waals surface area contributed by atoms with Crippen LogP contribution in [0.5, 0.6) is 0 Å². The minimum Gasteiger partial charge on any atom is -0.266 e. The second kappa shape index (κ2) is 8.30. The maximum atomic E-state index is 12.2. The lowest BCUT2D eigenvalue weighted by Crippen LogP contribution is -2.30.